The van der Waals surface area contributed by atoms with Crippen LogP contribution in [0.2, 0.25) is 0 Å². The summed E-state index contributed by atoms with van der Waals surface area (Å²) in [4.78, 5) is 15.8. The van der Waals surface area contributed by atoms with Gasteiger partial charge in [-0.15, -0.1) is 22.7 Å². The van der Waals surface area contributed by atoms with E-state index in [1.807, 2.05) is 34.8 Å². The van der Waals surface area contributed by atoms with Gasteiger partial charge in [-0.2, -0.15) is 9.97 Å². The van der Waals surface area contributed by atoms with Gasteiger partial charge in [-0.05, 0) is 58.7 Å². The van der Waals surface area contributed by atoms with Gasteiger partial charge in [0, 0.05) is 62.2 Å². The molecule has 0 fully saturated rings. The molecule has 0 bridgehead atoms. The molecule has 57 heavy (non-hydrogen) atoms. The highest BCUT2D eigenvalue weighted by Crippen LogP contribution is 2.44. The Morgan fingerprint density at radius 1 is 0.298 bits per heavy atom. The molecule has 0 atom stereocenters. The topological polar surface area (TPSA) is 43.6 Å². The number of aromatic nitrogens is 4. The van der Waals surface area contributed by atoms with Crippen molar-refractivity contribution in [3.05, 3.63) is 182 Å². The molecule has 266 valence electrons. The molecule has 12 aromatic rings. The molecule has 4 nitrogen and oxygen atoms in total. The van der Waals surface area contributed by atoms with Crippen LogP contribution in [0.1, 0.15) is 0 Å². The molecule has 0 radical (unpaired) electrons. The lowest BCUT2D eigenvalue weighted by atomic mass is 10.0. The van der Waals surface area contributed by atoms with E-state index in [0.717, 1.165) is 33.3 Å². The molecule has 4 heterocycles. The lowest BCUT2D eigenvalue weighted by molar-refractivity contribution is 0.954. The lowest BCUT2D eigenvalue weighted by Gasteiger charge is -2.12. The third kappa shape index (κ3) is 5.30. The zero-order valence-corrected chi connectivity index (χ0v) is 32.1. The van der Waals surface area contributed by atoms with E-state index in [2.05, 4.69) is 174 Å². The van der Waals surface area contributed by atoms with Crippen LogP contribution in [0.15, 0.2) is 182 Å². The second-order valence-corrected chi connectivity index (χ2v) is 16.6. The molecular formula is C51H30N4S2. The van der Waals surface area contributed by atoms with Gasteiger partial charge in [-0.1, -0.05) is 146 Å². The smallest absolute Gasteiger partial charge is 0.238 e. The fourth-order valence-electron chi connectivity index (χ4n) is 8.28. The molecule has 0 aliphatic heterocycles. The molecule has 8 aromatic carbocycles. The molecule has 0 spiro atoms. The Hall–Kier alpha value is -6.99. The Kier molecular flexibility index (Phi) is 7.24. The van der Waals surface area contributed by atoms with Crippen LogP contribution in [-0.4, -0.2) is 19.5 Å². The van der Waals surface area contributed by atoms with E-state index in [1.165, 1.54) is 62.2 Å². The van der Waals surface area contributed by atoms with Gasteiger partial charge in [0.2, 0.25) is 5.95 Å². The second-order valence-electron chi connectivity index (χ2n) is 14.4. The SMILES string of the molecule is c1ccc(-c2ccc(-c3nc(-c4ccc(-c5ccccc5)cc4)nc(-n4c5cc6sc7ccccc7c6cc5c5cc6c(cc54)sc4ccccc46)n3)cc2)cc1. The van der Waals surface area contributed by atoms with Crippen molar-refractivity contribution in [3.63, 3.8) is 0 Å². The van der Waals surface area contributed by atoms with Crippen LogP contribution in [0.5, 0.6) is 0 Å². The zero-order valence-electron chi connectivity index (χ0n) is 30.4. The fraction of sp³-hybridized carbons (Fsp3) is 0. The van der Waals surface area contributed by atoms with Crippen molar-refractivity contribution in [2.75, 3.05) is 0 Å². The van der Waals surface area contributed by atoms with Gasteiger partial charge in [0.15, 0.2) is 11.6 Å². The summed E-state index contributed by atoms with van der Waals surface area (Å²) in [6.45, 7) is 0. The third-order valence-corrected chi connectivity index (χ3v) is 13.4. The normalized spacial score (nSPS) is 11.9. The Bertz CT molecular complexity index is 3260. The lowest BCUT2D eigenvalue weighted by Crippen LogP contribution is -2.06. The van der Waals surface area contributed by atoms with Gasteiger partial charge in [-0.25, -0.2) is 4.98 Å². The predicted molar refractivity (Wildman–Crippen MR) is 242 cm³/mol. The summed E-state index contributed by atoms with van der Waals surface area (Å²) >= 11 is 3.66. The average Bonchev–Trinajstić information content (AvgIpc) is 3.93. The van der Waals surface area contributed by atoms with Crippen molar-refractivity contribution in [2.24, 2.45) is 0 Å². The van der Waals surface area contributed by atoms with Crippen molar-refractivity contribution in [2.45, 2.75) is 0 Å². The van der Waals surface area contributed by atoms with E-state index in [4.69, 9.17) is 15.0 Å². The highest BCUT2D eigenvalue weighted by molar-refractivity contribution is 7.26. The standard InChI is InChI=1S/C51H30N4S2/c1-3-11-31(12-4-1)33-19-23-35(24-20-33)49-52-50(36-25-21-34(22-26-36)32-13-5-2-6-14-32)54-51(53-49)55-43-29-47-41(37-15-7-9-17-45(37)56-47)27-39(43)40-28-42-38-16-8-10-18-46(38)57-48(42)30-44(40)55/h1-30H. The van der Waals surface area contributed by atoms with E-state index in [9.17, 15) is 0 Å². The Morgan fingerprint density at radius 2 is 0.684 bits per heavy atom. The van der Waals surface area contributed by atoms with Crippen molar-refractivity contribution < 1.29 is 0 Å². The molecule has 0 saturated carbocycles. The number of fused-ring (bicyclic) bond motifs is 9. The molecular weight excluding hydrogens is 733 g/mol. The first-order valence-electron chi connectivity index (χ1n) is 19.0. The van der Waals surface area contributed by atoms with Gasteiger partial charge < -0.3 is 0 Å². The maximum Gasteiger partial charge on any atom is 0.238 e. The summed E-state index contributed by atoms with van der Waals surface area (Å²) in [6, 6.07) is 64.9. The van der Waals surface area contributed by atoms with Crippen LogP contribution in [-0.2, 0) is 0 Å². The first-order chi connectivity index (χ1) is 28.2. The van der Waals surface area contributed by atoms with Crippen molar-refractivity contribution >= 4 is 84.8 Å². The number of hydrogen-bond acceptors (Lipinski definition) is 5. The minimum atomic E-state index is 0.593. The van der Waals surface area contributed by atoms with Crippen LogP contribution in [0.3, 0.4) is 0 Å². The summed E-state index contributed by atoms with van der Waals surface area (Å²) < 4.78 is 7.31. The number of nitrogens with zero attached hydrogens (tertiary/aromatic N) is 4. The number of thiophene rings is 2. The first-order valence-corrected chi connectivity index (χ1v) is 20.6. The highest BCUT2D eigenvalue weighted by Gasteiger charge is 2.21. The van der Waals surface area contributed by atoms with Crippen molar-refractivity contribution in [3.8, 4) is 51.0 Å². The maximum absolute atomic E-state index is 5.33. The molecule has 4 aromatic heterocycles. The average molecular weight is 763 g/mol. The second kappa shape index (κ2) is 12.8. The Labute approximate surface area is 335 Å². The summed E-state index contributed by atoms with van der Waals surface area (Å²) in [5.41, 5.74) is 8.65. The summed E-state index contributed by atoms with van der Waals surface area (Å²) in [6.07, 6.45) is 0. The molecule has 0 aliphatic rings. The monoisotopic (exact) mass is 762 g/mol. The van der Waals surface area contributed by atoms with Crippen LogP contribution in [0.25, 0.3) is 113 Å². The van der Waals surface area contributed by atoms with Crippen molar-refractivity contribution in [1.29, 1.82) is 0 Å². The number of hydrogen-bond donors (Lipinski definition) is 0. The van der Waals surface area contributed by atoms with E-state index >= 15 is 0 Å². The highest BCUT2D eigenvalue weighted by atomic mass is 32.1. The Morgan fingerprint density at radius 3 is 1.14 bits per heavy atom. The molecule has 12 rings (SSSR count). The minimum Gasteiger partial charge on any atom is -0.278 e. The van der Waals surface area contributed by atoms with E-state index in [0.29, 0.717) is 17.6 Å². The summed E-state index contributed by atoms with van der Waals surface area (Å²) in [5.74, 6) is 1.85. The van der Waals surface area contributed by atoms with E-state index in [-0.39, 0.29) is 0 Å². The van der Waals surface area contributed by atoms with Gasteiger partial charge >= 0.3 is 0 Å². The van der Waals surface area contributed by atoms with Crippen LogP contribution in [0.4, 0.5) is 0 Å². The maximum atomic E-state index is 5.33. The van der Waals surface area contributed by atoms with Gasteiger partial charge in [-0.3, -0.25) is 4.57 Å². The first kappa shape index (κ1) is 32.3. The molecule has 0 aliphatic carbocycles. The van der Waals surface area contributed by atoms with Crippen LogP contribution in [0, 0.1) is 0 Å². The molecule has 6 heteroatoms. The van der Waals surface area contributed by atoms with Gasteiger partial charge in [0.05, 0.1) is 11.0 Å². The fourth-order valence-corrected chi connectivity index (χ4v) is 10.5. The summed E-state index contributed by atoms with van der Waals surface area (Å²) in [5, 5.41) is 7.47. The van der Waals surface area contributed by atoms with Gasteiger partial charge in [0.25, 0.3) is 0 Å². The zero-order chi connectivity index (χ0) is 37.5. The van der Waals surface area contributed by atoms with Gasteiger partial charge in [0.1, 0.15) is 0 Å². The quantitative estimate of drug-likeness (QED) is 0.175. The molecule has 0 amide bonds. The molecule has 0 N–H and O–H groups in total. The van der Waals surface area contributed by atoms with Crippen molar-refractivity contribution in [1.82, 2.24) is 19.5 Å². The van der Waals surface area contributed by atoms with Crippen LogP contribution >= 0.6 is 22.7 Å². The molecule has 0 unspecified atom stereocenters. The van der Waals surface area contributed by atoms with E-state index < -0.39 is 0 Å². The largest absolute Gasteiger partial charge is 0.278 e. The summed E-state index contributed by atoms with van der Waals surface area (Å²) in [7, 11) is 0. The number of rotatable bonds is 5. The Balaban J connectivity index is 1.13. The van der Waals surface area contributed by atoms with E-state index in [1.54, 1.807) is 0 Å². The number of benzene rings is 8. The minimum absolute atomic E-state index is 0.593. The van der Waals surface area contributed by atoms with Crippen LogP contribution < -0.4 is 0 Å². The predicted octanol–water partition coefficient (Wildman–Crippen LogP) is 14.4. The molecule has 0 saturated heterocycles. The third-order valence-electron chi connectivity index (χ3n) is 11.1.